The fraction of sp³-hybridized carbons (Fsp3) is 0.400. The van der Waals surface area contributed by atoms with Crippen LogP contribution in [0.2, 0.25) is 0 Å². The Bertz CT molecular complexity index is 131. The van der Waals surface area contributed by atoms with Crippen LogP contribution < -0.4 is 5.32 Å². The van der Waals surface area contributed by atoms with Crippen LogP contribution in [0.3, 0.4) is 0 Å². The molecule has 0 spiro atoms. The zero-order valence-corrected chi connectivity index (χ0v) is 5.13. The summed E-state index contributed by atoms with van der Waals surface area (Å²) < 4.78 is 0. The molecule has 0 atom stereocenters. The topological polar surface area (TPSA) is 58.5 Å². The van der Waals surface area contributed by atoms with Gasteiger partial charge in [-0.1, -0.05) is 0 Å². The summed E-state index contributed by atoms with van der Waals surface area (Å²) in [4.78, 5) is 23.0. The summed E-state index contributed by atoms with van der Waals surface area (Å²) in [6, 6.07) is 0. The summed E-state index contributed by atoms with van der Waals surface area (Å²) in [5.41, 5.74) is 0. The summed E-state index contributed by atoms with van der Waals surface area (Å²) in [6.07, 6.45) is 1.26. The first kappa shape index (κ1) is 7.81. The predicted molar refractivity (Wildman–Crippen MR) is 33.2 cm³/mol. The Morgan fingerprint density at radius 3 is 2.89 bits per heavy atom. The molecular weight excluding hydrogens is 120 g/mol. The minimum atomic E-state index is -0.343. The van der Waals surface area contributed by atoms with Crippen LogP contribution >= 0.6 is 0 Å². The summed E-state index contributed by atoms with van der Waals surface area (Å²) in [7, 11) is 0. The van der Waals surface area contributed by atoms with E-state index in [1.807, 2.05) is 0 Å². The smallest absolute Gasteiger partial charge is 0.262 e. The molecule has 0 aromatic rings. The number of amides is 2. The second-order valence-electron chi connectivity index (χ2n) is 1.28. The second kappa shape index (κ2) is 4.96. The molecule has 0 saturated heterocycles. The lowest BCUT2D eigenvalue weighted by molar-refractivity contribution is -0.114. The van der Waals surface area contributed by atoms with Crippen molar-refractivity contribution in [1.82, 2.24) is 5.32 Å². The molecule has 0 radical (unpaired) electrons. The maximum absolute atomic E-state index is 10.4. The quantitative estimate of drug-likeness (QED) is 0.405. The molecule has 0 aliphatic heterocycles. The number of rotatable bonds is 3. The van der Waals surface area contributed by atoms with E-state index in [9.17, 15) is 9.59 Å². The van der Waals surface area contributed by atoms with E-state index in [0.717, 1.165) is 6.21 Å². The van der Waals surface area contributed by atoms with Gasteiger partial charge in [-0.3, -0.25) is 9.59 Å². The van der Waals surface area contributed by atoms with Crippen LogP contribution in [0.25, 0.3) is 0 Å². The molecule has 0 aliphatic carbocycles. The lowest BCUT2D eigenvalue weighted by Gasteiger charge is -1.90. The van der Waals surface area contributed by atoms with E-state index in [1.54, 1.807) is 6.92 Å². The van der Waals surface area contributed by atoms with Gasteiger partial charge in [0, 0.05) is 6.54 Å². The molecule has 2 amide bonds. The first-order valence-corrected chi connectivity index (χ1v) is 2.56. The van der Waals surface area contributed by atoms with Crippen LogP contribution in [-0.4, -0.2) is 25.1 Å². The van der Waals surface area contributed by atoms with E-state index in [4.69, 9.17) is 0 Å². The third-order valence-corrected chi connectivity index (χ3v) is 0.604. The highest BCUT2D eigenvalue weighted by molar-refractivity contribution is 6.27. The Morgan fingerprint density at radius 2 is 2.44 bits per heavy atom. The fourth-order valence-electron chi connectivity index (χ4n) is 0.318. The SMILES string of the molecule is CCNC(=O)C=NC=O. The third-order valence-electron chi connectivity index (χ3n) is 0.604. The average Bonchev–Trinajstić information content (AvgIpc) is 1.85. The first-order valence-electron chi connectivity index (χ1n) is 2.56. The van der Waals surface area contributed by atoms with E-state index in [2.05, 4.69) is 10.3 Å². The molecule has 1 N–H and O–H groups in total. The lowest BCUT2D eigenvalue weighted by atomic mass is 10.6. The van der Waals surface area contributed by atoms with Gasteiger partial charge >= 0.3 is 0 Å². The molecular formula is C5H8N2O2. The molecule has 4 nitrogen and oxygen atoms in total. The maximum atomic E-state index is 10.4. The van der Waals surface area contributed by atoms with Gasteiger partial charge in [0.1, 0.15) is 0 Å². The molecule has 9 heavy (non-hydrogen) atoms. The molecule has 50 valence electrons. The Morgan fingerprint density at radius 1 is 1.78 bits per heavy atom. The van der Waals surface area contributed by atoms with Crippen molar-refractivity contribution in [3.63, 3.8) is 0 Å². The molecule has 0 fully saturated rings. The Balaban J connectivity index is 3.49. The fourth-order valence-corrected chi connectivity index (χ4v) is 0.318. The first-order chi connectivity index (χ1) is 4.31. The van der Waals surface area contributed by atoms with E-state index < -0.39 is 0 Å². The van der Waals surface area contributed by atoms with E-state index in [-0.39, 0.29) is 5.91 Å². The van der Waals surface area contributed by atoms with Gasteiger partial charge in [0.25, 0.3) is 5.91 Å². The Labute approximate surface area is 53.0 Å². The van der Waals surface area contributed by atoms with Gasteiger partial charge in [-0.25, -0.2) is 4.99 Å². The number of nitrogens with zero attached hydrogens (tertiary/aromatic N) is 1. The monoisotopic (exact) mass is 128 g/mol. The van der Waals surface area contributed by atoms with E-state index in [1.165, 1.54) is 0 Å². The molecule has 0 aliphatic rings. The largest absolute Gasteiger partial charge is 0.352 e. The van der Waals surface area contributed by atoms with Gasteiger partial charge in [-0.05, 0) is 6.92 Å². The van der Waals surface area contributed by atoms with Gasteiger partial charge in [-0.15, -0.1) is 0 Å². The summed E-state index contributed by atoms with van der Waals surface area (Å²) >= 11 is 0. The number of hydrogen-bond acceptors (Lipinski definition) is 2. The minimum Gasteiger partial charge on any atom is -0.352 e. The van der Waals surface area contributed by atoms with Gasteiger partial charge < -0.3 is 5.32 Å². The molecule has 0 heterocycles. The highest BCUT2D eigenvalue weighted by Crippen LogP contribution is 1.58. The predicted octanol–water partition coefficient (Wildman–Crippen LogP) is -0.650. The molecule has 0 bridgehead atoms. The van der Waals surface area contributed by atoms with Crippen molar-refractivity contribution in [3.05, 3.63) is 0 Å². The van der Waals surface area contributed by atoms with Gasteiger partial charge in [0.15, 0.2) is 0 Å². The number of carbonyl (C=O) groups is 2. The van der Waals surface area contributed by atoms with Crippen molar-refractivity contribution in [3.8, 4) is 0 Å². The second-order valence-corrected chi connectivity index (χ2v) is 1.28. The van der Waals surface area contributed by atoms with Crippen LogP contribution in [0.4, 0.5) is 0 Å². The van der Waals surface area contributed by atoms with Crippen molar-refractivity contribution < 1.29 is 9.59 Å². The van der Waals surface area contributed by atoms with Gasteiger partial charge in [0.05, 0.1) is 6.21 Å². The van der Waals surface area contributed by atoms with E-state index in [0.29, 0.717) is 13.0 Å². The van der Waals surface area contributed by atoms with Crippen LogP contribution in [0.15, 0.2) is 4.99 Å². The van der Waals surface area contributed by atoms with Gasteiger partial charge in [0.2, 0.25) is 6.41 Å². The summed E-state index contributed by atoms with van der Waals surface area (Å²) in [5.74, 6) is -0.343. The van der Waals surface area contributed by atoms with Crippen molar-refractivity contribution in [2.24, 2.45) is 4.99 Å². The molecule has 4 heteroatoms. The number of aliphatic imine (C=N–C) groups is 1. The number of carbonyl (C=O) groups excluding carboxylic acids is 2. The van der Waals surface area contributed by atoms with Crippen LogP contribution in [-0.2, 0) is 9.59 Å². The standard InChI is InChI=1S/C5H8N2O2/c1-2-7-5(9)3-6-4-8/h3-4H,2H2,1H3,(H,7,9). The molecule has 0 rings (SSSR count). The summed E-state index contributed by atoms with van der Waals surface area (Å²) in [5, 5.41) is 2.43. The Kier molecular flexibility index (Phi) is 4.30. The third kappa shape index (κ3) is 4.67. The zero-order chi connectivity index (χ0) is 7.11. The molecule has 0 aromatic heterocycles. The highest BCUT2D eigenvalue weighted by atomic mass is 16.2. The maximum Gasteiger partial charge on any atom is 0.262 e. The van der Waals surface area contributed by atoms with Gasteiger partial charge in [-0.2, -0.15) is 0 Å². The summed E-state index contributed by atoms with van der Waals surface area (Å²) in [6.45, 7) is 2.33. The van der Waals surface area contributed by atoms with Crippen LogP contribution in [0, 0.1) is 0 Å². The average molecular weight is 128 g/mol. The molecule has 0 saturated carbocycles. The number of hydrogen-bond donors (Lipinski definition) is 1. The van der Waals surface area contributed by atoms with Crippen molar-refractivity contribution >= 4 is 18.5 Å². The van der Waals surface area contributed by atoms with Crippen molar-refractivity contribution in [2.45, 2.75) is 6.92 Å². The number of nitrogens with one attached hydrogen (secondary N) is 1. The highest BCUT2D eigenvalue weighted by Gasteiger charge is 1.88. The van der Waals surface area contributed by atoms with Crippen LogP contribution in [0.5, 0.6) is 0 Å². The van der Waals surface area contributed by atoms with Crippen LogP contribution in [0.1, 0.15) is 6.92 Å². The molecule has 0 aromatic carbocycles. The van der Waals surface area contributed by atoms with Crippen molar-refractivity contribution in [1.29, 1.82) is 0 Å². The molecule has 0 unspecified atom stereocenters. The van der Waals surface area contributed by atoms with Crippen molar-refractivity contribution in [2.75, 3.05) is 6.54 Å². The normalized spacial score (nSPS) is 9.44. The lowest BCUT2D eigenvalue weighted by Crippen LogP contribution is -2.23. The van der Waals surface area contributed by atoms with E-state index >= 15 is 0 Å². The zero-order valence-electron chi connectivity index (χ0n) is 5.13. The minimum absolute atomic E-state index is 0.315. The Hall–Kier alpha value is -1.19.